The van der Waals surface area contributed by atoms with Gasteiger partial charge in [0.25, 0.3) is 0 Å². The molecule has 2 aromatic rings. The third-order valence-corrected chi connectivity index (χ3v) is 5.73. The first kappa shape index (κ1) is 18.8. The number of urea groups is 1. The molecule has 138 valence electrons. The number of benzene rings is 2. The lowest BCUT2D eigenvalue weighted by atomic mass is 10.1. The number of thioether (sulfide) groups is 1. The quantitative estimate of drug-likeness (QED) is 0.799. The summed E-state index contributed by atoms with van der Waals surface area (Å²) < 4.78 is 5.61. The minimum atomic E-state index is -0.0474. The van der Waals surface area contributed by atoms with E-state index in [1.807, 2.05) is 47.4 Å². The second kappa shape index (κ2) is 9.10. The van der Waals surface area contributed by atoms with Crippen LogP contribution >= 0.6 is 11.8 Å². The summed E-state index contributed by atoms with van der Waals surface area (Å²) in [6.07, 6.45) is 3.01. The van der Waals surface area contributed by atoms with Crippen molar-refractivity contribution >= 4 is 23.5 Å². The van der Waals surface area contributed by atoms with E-state index >= 15 is 0 Å². The van der Waals surface area contributed by atoms with Gasteiger partial charge in [-0.3, -0.25) is 0 Å². The van der Waals surface area contributed by atoms with Gasteiger partial charge in [0.2, 0.25) is 0 Å². The SMILES string of the molecule is CCCN(C(=O)Nc1ccc(-c2ccccc2)cc1)C1COCC1SC. The van der Waals surface area contributed by atoms with Crippen LogP contribution in [0.2, 0.25) is 0 Å². The fraction of sp³-hybridized carbons (Fsp3) is 0.381. The Bertz CT molecular complexity index is 706. The van der Waals surface area contributed by atoms with E-state index in [2.05, 4.69) is 30.6 Å². The van der Waals surface area contributed by atoms with Crippen molar-refractivity contribution in [2.45, 2.75) is 24.6 Å². The molecule has 0 aliphatic carbocycles. The van der Waals surface area contributed by atoms with Gasteiger partial charge in [-0.1, -0.05) is 49.4 Å². The number of carbonyl (C=O) groups excluding carboxylic acids is 1. The predicted molar refractivity (Wildman–Crippen MR) is 110 cm³/mol. The zero-order valence-electron chi connectivity index (χ0n) is 15.4. The van der Waals surface area contributed by atoms with Gasteiger partial charge in [-0.15, -0.1) is 0 Å². The second-order valence-corrected chi connectivity index (χ2v) is 7.52. The lowest BCUT2D eigenvalue weighted by Crippen LogP contribution is -2.47. The van der Waals surface area contributed by atoms with Gasteiger partial charge in [0.15, 0.2) is 0 Å². The number of rotatable bonds is 6. The van der Waals surface area contributed by atoms with E-state index in [-0.39, 0.29) is 12.1 Å². The smallest absolute Gasteiger partial charge is 0.322 e. The van der Waals surface area contributed by atoms with Crippen LogP contribution in [0.3, 0.4) is 0 Å². The molecule has 1 aliphatic rings. The summed E-state index contributed by atoms with van der Waals surface area (Å²) in [7, 11) is 0. The van der Waals surface area contributed by atoms with Crippen molar-refractivity contribution in [2.75, 3.05) is 31.3 Å². The van der Waals surface area contributed by atoms with Crippen molar-refractivity contribution in [3.8, 4) is 11.1 Å². The summed E-state index contributed by atoms with van der Waals surface area (Å²) in [6, 6.07) is 18.3. The minimum Gasteiger partial charge on any atom is -0.378 e. The summed E-state index contributed by atoms with van der Waals surface area (Å²) >= 11 is 1.77. The molecule has 26 heavy (non-hydrogen) atoms. The van der Waals surface area contributed by atoms with Crippen molar-refractivity contribution < 1.29 is 9.53 Å². The third kappa shape index (κ3) is 4.40. The standard InChI is InChI=1S/C21H26N2O2S/c1-3-13-23(19-14-25-15-20(19)26-2)21(24)22-18-11-9-17(10-12-18)16-7-5-4-6-8-16/h4-12,19-20H,3,13-15H2,1-2H3,(H,22,24). The molecule has 1 saturated heterocycles. The first-order valence-corrected chi connectivity index (χ1v) is 10.4. The molecule has 2 amide bonds. The van der Waals surface area contributed by atoms with Crippen LogP contribution < -0.4 is 5.32 Å². The van der Waals surface area contributed by atoms with Gasteiger partial charge in [0.05, 0.1) is 24.5 Å². The summed E-state index contributed by atoms with van der Waals surface area (Å²) in [5, 5.41) is 3.39. The molecule has 2 unspecified atom stereocenters. The largest absolute Gasteiger partial charge is 0.378 e. The predicted octanol–water partition coefficient (Wildman–Crippen LogP) is 4.73. The van der Waals surface area contributed by atoms with Crippen LogP contribution in [0.4, 0.5) is 10.5 Å². The topological polar surface area (TPSA) is 41.6 Å². The van der Waals surface area contributed by atoms with Crippen LogP contribution in [0.15, 0.2) is 54.6 Å². The molecule has 3 rings (SSSR count). The molecule has 1 aliphatic heterocycles. The van der Waals surface area contributed by atoms with E-state index < -0.39 is 0 Å². The Morgan fingerprint density at radius 3 is 2.46 bits per heavy atom. The Balaban J connectivity index is 1.69. The molecule has 0 bridgehead atoms. The van der Waals surface area contributed by atoms with Crippen molar-refractivity contribution in [1.82, 2.24) is 4.90 Å². The zero-order chi connectivity index (χ0) is 18.4. The number of carbonyl (C=O) groups is 1. The van der Waals surface area contributed by atoms with Crippen LogP contribution in [0.5, 0.6) is 0 Å². The van der Waals surface area contributed by atoms with E-state index in [4.69, 9.17) is 4.74 Å². The first-order chi connectivity index (χ1) is 12.7. The molecule has 1 N–H and O–H groups in total. The highest BCUT2D eigenvalue weighted by Crippen LogP contribution is 2.25. The fourth-order valence-corrected chi connectivity index (χ4v) is 4.04. The molecule has 2 aromatic carbocycles. The summed E-state index contributed by atoms with van der Waals surface area (Å²) in [6.45, 7) is 4.16. The number of ether oxygens (including phenoxy) is 1. The van der Waals surface area contributed by atoms with E-state index in [0.29, 0.717) is 18.5 Å². The number of nitrogens with one attached hydrogen (secondary N) is 1. The second-order valence-electron chi connectivity index (χ2n) is 6.45. The molecule has 2 atom stereocenters. The van der Waals surface area contributed by atoms with Gasteiger partial charge in [-0.05, 0) is 35.9 Å². The Kier molecular flexibility index (Phi) is 6.58. The highest BCUT2D eigenvalue weighted by molar-refractivity contribution is 7.99. The number of anilines is 1. The Labute approximate surface area is 159 Å². The average molecular weight is 371 g/mol. The van der Waals surface area contributed by atoms with Crippen LogP contribution in [-0.2, 0) is 4.74 Å². The van der Waals surface area contributed by atoms with Crippen LogP contribution in [0, 0.1) is 0 Å². The van der Waals surface area contributed by atoms with E-state index in [1.165, 1.54) is 5.56 Å². The molecule has 1 fully saturated rings. The van der Waals surface area contributed by atoms with Gasteiger partial charge < -0.3 is 15.0 Å². The molecule has 4 nitrogen and oxygen atoms in total. The number of hydrogen-bond donors (Lipinski definition) is 1. The minimum absolute atomic E-state index is 0.0474. The molecule has 0 aromatic heterocycles. The first-order valence-electron chi connectivity index (χ1n) is 9.06. The molecule has 0 radical (unpaired) electrons. The normalized spacial score (nSPS) is 19.3. The fourth-order valence-electron chi connectivity index (χ4n) is 3.27. The maximum absolute atomic E-state index is 12.9. The van der Waals surface area contributed by atoms with Gasteiger partial charge in [-0.25, -0.2) is 4.79 Å². The molecular formula is C21H26N2O2S. The van der Waals surface area contributed by atoms with Crippen LogP contribution in [-0.4, -0.2) is 48.2 Å². The van der Waals surface area contributed by atoms with E-state index in [1.54, 1.807) is 11.8 Å². The summed E-state index contributed by atoms with van der Waals surface area (Å²) in [5.74, 6) is 0. The summed E-state index contributed by atoms with van der Waals surface area (Å²) in [5.41, 5.74) is 3.12. The highest BCUT2D eigenvalue weighted by atomic mass is 32.2. The van der Waals surface area contributed by atoms with Crippen LogP contribution in [0.1, 0.15) is 13.3 Å². The van der Waals surface area contributed by atoms with Gasteiger partial charge in [0.1, 0.15) is 0 Å². The third-order valence-electron chi connectivity index (χ3n) is 4.67. The van der Waals surface area contributed by atoms with E-state index in [9.17, 15) is 4.79 Å². The van der Waals surface area contributed by atoms with Crippen molar-refractivity contribution in [3.05, 3.63) is 54.6 Å². The molecule has 1 heterocycles. The maximum Gasteiger partial charge on any atom is 0.322 e. The van der Waals surface area contributed by atoms with Gasteiger partial charge in [-0.2, -0.15) is 11.8 Å². The Morgan fingerprint density at radius 2 is 1.81 bits per heavy atom. The lowest BCUT2D eigenvalue weighted by Gasteiger charge is -2.31. The van der Waals surface area contributed by atoms with Crippen molar-refractivity contribution in [2.24, 2.45) is 0 Å². The Morgan fingerprint density at radius 1 is 1.12 bits per heavy atom. The molecular weight excluding hydrogens is 344 g/mol. The van der Waals surface area contributed by atoms with Gasteiger partial charge in [0, 0.05) is 12.2 Å². The molecule has 5 heteroatoms. The highest BCUT2D eigenvalue weighted by Gasteiger charge is 2.34. The summed E-state index contributed by atoms with van der Waals surface area (Å²) in [4.78, 5) is 14.8. The van der Waals surface area contributed by atoms with Crippen molar-refractivity contribution in [1.29, 1.82) is 0 Å². The number of hydrogen-bond acceptors (Lipinski definition) is 3. The molecule has 0 spiro atoms. The van der Waals surface area contributed by atoms with Crippen LogP contribution in [0.25, 0.3) is 11.1 Å². The monoisotopic (exact) mass is 370 g/mol. The average Bonchev–Trinajstić information content (AvgIpc) is 3.15. The van der Waals surface area contributed by atoms with Crippen molar-refractivity contribution in [3.63, 3.8) is 0 Å². The number of nitrogens with zero attached hydrogens (tertiary/aromatic N) is 1. The van der Waals surface area contributed by atoms with E-state index in [0.717, 1.165) is 24.2 Å². The maximum atomic E-state index is 12.9. The zero-order valence-corrected chi connectivity index (χ0v) is 16.2. The number of amides is 2. The Hall–Kier alpha value is -1.98. The van der Waals surface area contributed by atoms with Gasteiger partial charge >= 0.3 is 6.03 Å². The molecule has 0 saturated carbocycles. The lowest BCUT2D eigenvalue weighted by molar-refractivity contribution is 0.153.